The molecule has 2 atom stereocenters. The van der Waals surface area contributed by atoms with Gasteiger partial charge < -0.3 is 14.7 Å². The van der Waals surface area contributed by atoms with Gasteiger partial charge in [0, 0.05) is 24.6 Å². The predicted octanol–water partition coefficient (Wildman–Crippen LogP) is 1.45. The summed E-state index contributed by atoms with van der Waals surface area (Å²) in [5.74, 6) is 0.411. The van der Waals surface area contributed by atoms with E-state index in [2.05, 4.69) is 20.7 Å². The summed E-state index contributed by atoms with van der Waals surface area (Å²) in [6.45, 7) is 1.26. The van der Waals surface area contributed by atoms with E-state index in [0.29, 0.717) is 30.8 Å². The van der Waals surface area contributed by atoms with Gasteiger partial charge in [-0.05, 0) is 53.6 Å². The molecule has 2 N–H and O–H groups in total. The number of halogens is 1. The van der Waals surface area contributed by atoms with E-state index in [1.807, 2.05) is 0 Å². The number of rotatable bonds is 9. The molecule has 1 saturated heterocycles. The Kier molecular flexibility index (Phi) is 6.89. The van der Waals surface area contributed by atoms with Crippen molar-refractivity contribution in [2.24, 2.45) is 0 Å². The molecular formula is C22H23FN6O4. The number of aliphatic hydroxyl groups excluding tert-OH is 1. The maximum absolute atomic E-state index is 13.1. The summed E-state index contributed by atoms with van der Waals surface area (Å²) < 4.78 is 18.7. The molecule has 0 spiro atoms. The van der Waals surface area contributed by atoms with Crippen LogP contribution in [0.15, 0.2) is 48.5 Å². The molecule has 0 bridgehead atoms. The molecule has 4 rings (SSSR count). The van der Waals surface area contributed by atoms with E-state index in [0.717, 1.165) is 16.8 Å². The van der Waals surface area contributed by atoms with Gasteiger partial charge >= 0.3 is 0 Å². The van der Waals surface area contributed by atoms with Crippen molar-refractivity contribution in [3.63, 3.8) is 0 Å². The fraction of sp³-hybridized carbons (Fsp3) is 0.318. The third-order valence-corrected chi connectivity index (χ3v) is 5.38. The standard InChI is InChI=1S/C22H23FN6O4/c23-18-5-1-15(2-6-18)17-9-10-28(11-17)21(32)16-3-7-20(8-4-16)33-13-19(31)12-29-26-22(24-14-30)25-27-29/h1-8,14,17,19,31H,9-13H2,(H,24,26,30)/t17-,19+/m0/s1. The van der Waals surface area contributed by atoms with Gasteiger partial charge in [0.05, 0.1) is 6.54 Å². The van der Waals surface area contributed by atoms with Crippen LogP contribution in [0.1, 0.15) is 28.3 Å². The molecule has 172 valence electrons. The van der Waals surface area contributed by atoms with Crippen molar-refractivity contribution >= 4 is 18.3 Å². The van der Waals surface area contributed by atoms with Crippen molar-refractivity contribution in [3.8, 4) is 5.75 Å². The molecule has 0 aliphatic carbocycles. The number of benzene rings is 2. The van der Waals surface area contributed by atoms with Gasteiger partial charge in [-0.2, -0.15) is 4.80 Å². The third-order valence-electron chi connectivity index (χ3n) is 5.38. The number of amides is 2. The molecule has 2 heterocycles. The summed E-state index contributed by atoms with van der Waals surface area (Å²) in [5, 5.41) is 23.5. The first-order valence-electron chi connectivity index (χ1n) is 10.5. The molecule has 10 nitrogen and oxygen atoms in total. The number of ether oxygens (including phenoxy) is 1. The van der Waals surface area contributed by atoms with Gasteiger partial charge in [-0.25, -0.2) is 4.39 Å². The molecule has 1 aromatic heterocycles. The zero-order valence-electron chi connectivity index (χ0n) is 17.7. The largest absolute Gasteiger partial charge is 0.491 e. The van der Waals surface area contributed by atoms with Crippen LogP contribution in [0, 0.1) is 5.82 Å². The fourth-order valence-electron chi connectivity index (χ4n) is 3.69. The van der Waals surface area contributed by atoms with E-state index >= 15 is 0 Å². The zero-order valence-corrected chi connectivity index (χ0v) is 17.7. The molecular weight excluding hydrogens is 431 g/mol. The van der Waals surface area contributed by atoms with Crippen LogP contribution in [0.5, 0.6) is 5.75 Å². The van der Waals surface area contributed by atoms with Crippen LogP contribution in [-0.4, -0.2) is 68.3 Å². The normalized spacial score (nSPS) is 16.4. The van der Waals surface area contributed by atoms with E-state index in [4.69, 9.17) is 4.74 Å². The number of nitrogens with zero attached hydrogens (tertiary/aromatic N) is 5. The summed E-state index contributed by atoms with van der Waals surface area (Å²) >= 11 is 0. The highest BCUT2D eigenvalue weighted by atomic mass is 19.1. The lowest BCUT2D eigenvalue weighted by atomic mass is 9.99. The average Bonchev–Trinajstić information content (AvgIpc) is 3.48. The van der Waals surface area contributed by atoms with Gasteiger partial charge in [-0.15, -0.1) is 5.10 Å². The Balaban J connectivity index is 1.26. The second-order valence-electron chi connectivity index (χ2n) is 7.71. The Labute approximate surface area is 189 Å². The predicted molar refractivity (Wildman–Crippen MR) is 115 cm³/mol. The molecule has 1 fully saturated rings. The molecule has 2 aromatic carbocycles. The first kappa shape index (κ1) is 22.3. The maximum atomic E-state index is 13.1. The summed E-state index contributed by atoms with van der Waals surface area (Å²) in [6, 6.07) is 13.2. The minimum atomic E-state index is -0.905. The number of likely N-dealkylation sites (tertiary alicyclic amines) is 1. The van der Waals surface area contributed by atoms with Crippen molar-refractivity contribution in [3.05, 3.63) is 65.5 Å². The van der Waals surface area contributed by atoms with Crippen LogP contribution in [0.25, 0.3) is 0 Å². The summed E-state index contributed by atoms with van der Waals surface area (Å²) in [5.41, 5.74) is 1.58. The molecule has 1 aliphatic heterocycles. The van der Waals surface area contributed by atoms with E-state index < -0.39 is 6.10 Å². The van der Waals surface area contributed by atoms with Crippen LogP contribution in [0.3, 0.4) is 0 Å². The first-order chi connectivity index (χ1) is 16.0. The number of carbonyl (C=O) groups is 2. The lowest BCUT2D eigenvalue weighted by molar-refractivity contribution is -0.105. The number of aromatic nitrogens is 4. The van der Waals surface area contributed by atoms with Gasteiger partial charge in [0.25, 0.3) is 11.9 Å². The van der Waals surface area contributed by atoms with E-state index in [1.54, 1.807) is 41.3 Å². The first-order valence-corrected chi connectivity index (χ1v) is 10.5. The van der Waals surface area contributed by atoms with Crippen LogP contribution < -0.4 is 10.1 Å². The Morgan fingerprint density at radius 1 is 1.24 bits per heavy atom. The number of hydrogen-bond donors (Lipinski definition) is 2. The van der Waals surface area contributed by atoms with E-state index in [1.165, 1.54) is 12.1 Å². The lowest BCUT2D eigenvalue weighted by Gasteiger charge is -2.17. The number of hydrogen-bond acceptors (Lipinski definition) is 7. The molecule has 0 unspecified atom stereocenters. The minimum Gasteiger partial charge on any atom is -0.491 e. The van der Waals surface area contributed by atoms with Gasteiger partial charge in [-0.3, -0.25) is 14.9 Å². The Morgan fingerprint density at radius 3 is 2.73 bits per heavy atom. The zero-order chi connectivity index (χ0) is 23.2. The lowest BCUT2D eigenvalue weighted by Crippen LogP contribution is -2.28. The highest BCUT2D eigenvalue weighted by molar-refractivity contribution is 5.94. The highest BCUT2D eigenvalue weighted by Crippen LogP contribution is 2.28. The SMILES string of the molecule is O=CNc1nnn(C[C@@H](O)COc2ccc(C(=O)N3CC[C@H](c4ccc(F)cc4)C3)cc2)n1. The van der Waals surface area contributed by atoms with Crippen molar-refractivity contribution < 1.29 is 23.8 Å². The Bertz CT molecular complexity index is 1090. The van der Waals surface area contributed by atoms with Gasteiger partial charge in [0.15, 0.2) is 0 Å². The van der Waals surface area contributed by atoms with Crippen LogP contribution in [0.2, 0.25) is 0 Å². The molecule has 33 heavy (non-hydrogen) atoms. The molecule has 0 saturated carbocycles. The van der Waals surface area contributed by atoms with E-state index in [9.17, 15) is 19.1 Å². The van der Waals surface area contributed by atoms with Gasteiger partial charge in [-0.1, -0.05) is 17.2 Å². The van der Waals surface area contributed by atoms with Crippen molar-refractivity contribution in [1.82, 2.24) is 25.1 Å². The molecule has 2 amide bonds. The number of nitrogens with one attached hydrogen (secondary N) is 1. The minimum absolute atomic E-state index is 0.0171. The number of carbonyl (C=O) groups excluding carboxylic acids is 2. The Morgan fingerprint density at radius 2 is 2.00 bits per heavy atom. The van der Waals surface area contributed by atoms with Crippen LogP contribution in [0.4, 0.5) is 10.3 Å². The highest BCUT2D eigenvalue weighted by Gasteiger charge is 2.28. The maximum Gasteiger partial charge on any atom is 0.269 e. The number of anilines is 1. The van der Waals surface area contributed by atoms with E-state index in [-0.39, 0.29) is 36.7 Å². The van der Waals surface area contributed by atoms with Gasteiger partial charge in [0.2, 0.25) is 6.41 Å². The van der Waals surface area contributed by atoms with Crippen molar-refractivity contribution in [1.29, 1.82) is 0 Å². The summed E-state index contributed by atoms with van der Waals surface area (Å²) in [7, 11) is 0. The van der Waals surface area contributed by atoms with Crippen molar-refractivity contribution in [2.75, 3.05) is 25.0 Å². The number of aliphatic hydroxyl groups is 1. The van der Waals surface area contributed by atoms with Gasteiger partial charge in [0.1, 0.15) is 24.3 Å². The molecule has 1 aliphatic rings. The van der Waals surface area contributed by atoms with Crippen molar-refractivity contribution in [2.45, 2.75) is 25.0 Å². The second kappa shape index (κ2) is 10.2. The summed E-state index contributed by atoms with van der Waals surface area (Å²) in [6.07, 6.45) is 0.366. The summed E-state index contributed by atoms with van der Waals surface area (Å²) in [4.78, 5) is 26.1. The molecule has 3 aromatic rings. The second-order valence-corrected chi connectivity index (χ2v) is 7.71. The fourth-order valence-corrected chi connectivity index (χ4v) is 3.69. The smallest absolute Gasteiger partial charge is 0.269 e. The Hall–Kier alpha value is -3.86. The monoisotopic (exact) mass is 454 g/mol. The number of tetrazole rings is 1. The van der Waals surface area contributed by atoms with Crippen LogP contribution in [-0.2, 0) is 11.3 Å². The van der Waals surface area contributed by atoms with Crippen LogP contribution >= 0.6 is 0 Å². The quantitative estimate of drug-likeness (QED) is 0.469. The molecule has 11 heteroatoms. The topological polar surface area (TPSA) is 122 Å². The average molecular weight is 454 g/mol. The third kappa shape index (κ3) is 5.69. The molecule has 0 radical (unpaired) electrons.